The second kappa shape index (κ2) is 55.3. The molecule has 440 valence electrons. The summed E-state index contributed by atoms with van der Waals surface area (Å²) >= 11 is 0. The maximum Gasteiger partial charge on any atom is 0.220 e. The molecule has 0 saturated carbocycles. The summed E-state index contributed by atoms with van der Waals surface area (Å²) in [5, 5.41) is 54.8. The molecule has 0 aromatic carbocycles. The van der Waals surface area contributed by atoms with Crippen molar-refractivity contribution in [2.75, 3.05) is 13.2 Å². The number of aliphatic hydroxyl groups is 5. The van der Waals surface area contributed by atoms with Gasteiger partial charge in [0.05, 0.1) is 25.4 Å². The monoisotopic (exact) mass is 1050 g/mol. The first kappa shape index (κ1) is 70.9. The Labute approximate surface area is 458 Å². The van der Waals surface area contributed by atoms with Crippen molar-refractivity contribution in [3.05, 3.63) is 12.2 Å². The van der Waals surface area contributed by atoms with Gasteiger partial charge in [0, 0.05) is 6.42 Å². The fourth-order valence-electron chi connectivity index (χ4n) is 10.9. The number of nitrogens with one attached hydrogen (secondary N) is 1. The lowest BCUT2D eigenvalue weighted by Crippen LogP contribution is -2.60. The van der Waals surface area contributed by atoms with Crippen LogP contribution in [0.4, 0.5) is 0 Å². The molecule has 1 fully saturated rings. The first-order valence-corrected chi connectivity index (χ1v) is 32.9. The van der Waals surface area contributed by atoms with E-state index in [1.54, 1.807) is 0 Å². The number of carbonyl (C=O) groups is 1. The second-order valence-electron chi connectivity index (χ2n) is 23.3. The van der Waals surface area contributed by atoms with Gasteiger partial charge in [-0.05, 0) is 38.5 Å². The minimum Gasteiger partial charge on any atom is -0.394 e. The smallest absolute Gasteiger partial charge is 0.220 e. The Balaban J connectivity index is 2.11. The third kappa shape index (κ3) is 43.9. The Morgan fingerprint density at radius 2 is 0.757 bits per heavy atom. The van der Waals surface area contributed by atoms with Crippen LogP contribution in [0.2, 0.25) is 0 Å². The number of hydrogen-bond acceptors (Lipinski definition) is 8. The Bertz CT molecular complexity index is 1170. The van der Waals surface area contributed by atoms with Gasteiger partial charge in [-0.2, -0.15) is 0 Å². The van der Waals surface area contributed by atoms with Gasteiger partial charge in [-0.25, -0.2) is 0 Å². The fourth-order valence-corrected chi connectivity index (χ4v) is 10.9. The van der Waals surface area contributed by atoms with Gasteiger partial charge in [0.15, 0.2) is 6.29 Å². The van der Waals surface area contributed by atoms with E-state index in [0.717, 1.165) is 38.5 Å². The fraction of sp³-hybridized carbons (Fsp3) is 0.954. The zero-order chi connectivity index (χ0) is 53.6. The quantitative estimate of drug-likeness (QED) is 0.0261. The molecule has 9 heteroatoms. The number of rotatable bonds is 58. The summed E-state index contributed by atoms with van der Waals surface area (Å²) in [7, 11) is 0. The van der Waals surface area contributed by atoms with Crippen LogP contribution in [-0.2, 0) is 14.3 Å². The van der Waals surface area contributed by atoms with E-state index in [4.69, 9.17) is 9.47 Å². The number of unbranched alkanes of at least 4 members (excludes halogenated alkanes) is 46. The summed E-state index contributed by atoms with van der Waals surface area (Å²) in [6.45, 7) is 3.89. The molecule has 1 amide bonds. The highest BCUT2D eigenvalue weighted by molar-refractivity contribution is 5.76. The first-order valence-electron chi connectivity index (χ1n) is 32.9. The number of aliphatic hydroxyl groups excluding tert-OH is 5. The van der Waals surface area contributed by atoms with E-state index in [1.165, 1.54) is 276 Å². The van der Waals surface area contributed by atoms with Crippen LogP contribution in [0.1, 0.15) is 341 Å². The zero-order valence-electron chi connectivity index (χ0n) is 49.1. The number of carbonyl (C=O) groups excluding carboxylic acids is 1. The number of hydrogen-bond donors (Lipinski definition) is 6. The van der Waals surface area contributed by atoms with Crippen molar-refractivity contribution in [1.82, 2.24) is 5.32 Å². The lowest BCUT2D eigenvalue weighted by Gasteiger charge is -2.40. The van der Waals surface area contributed by atoms with Crippen LogP contribution in [0.3, 0.4) is 0 Å². The van der Waals surface area contributed by atoms with Crippen LogP contribution in [-0.4, -0.2) is 87.5 Å². The third-order valence-corrected chi connectivity index (χ3v) is 16.1. The van der Waals surface area contributed by atoms with Gasteiger partial charge >= 0.3 is 0 Å². The summed E-state index contributed by atoms with van der Waals surface area (Å²) in [4.78, 5) is 13.1. The molecule has 1 saturated heterocycles. The van der Waals surface area contributed by atoms with E-state index < -0.39 is 49.5 Å². The van der Waals surface area contributed by atoms with Gasteiger partial charge in [0.25, 0.3) is 0 Å². The molecule has 0 spiro atoms. The van der Waals surface area contributed by atoms with Crippen molar-refractivity contribution in [1.29, 1.82) is 0 Å². The van der Waals surface area contributed by atoms with Crippen molar-refractivity contribution >= 4 is 5.91 Å². The van der Waals surface area contributed by atoms with Crippen LogP contribution in [0, 0.1) is 0 Å². The molecular formula is C65H127NO8. The molecule has 0 aromatic heterocycles. The topological polar surface area (TPSA) is 149 Å². The highest BCUT2D eigenvalue weighted by Crippen LogP contribution is 2.24. The van der Waals surface area contributed by atoms with Crippen molar-refractivity contribution in [2.24, 2.45) is 0 Å². The zero-order valence-corrected chi connectivity index (χ0v) is 49.1. The number of amides is 1. The first-order chi connectivity index (χ1) is 36.3. The van der Waals surface area contributed by atoms with Crippen molar-refractivity contribution in [2.45, 2.75) is 384 Å². The van der Waals surface area contributed by atoms with Crippen LogP contribution < -0.4 is 5.32 Å². The molecular weight excluding hydrogens is 923 g/mol. The predicted octanol–water partition coefficient (Wildman–Crippen LogP) is 17.1. The molecule has 0 bridgehead atoms. The van der Waals surface area contributed by atoms with Crippen LogP contribution in [0.25, 0.3) is 0 Å². The molecule has 1 heterocycles. The molecule has 1 aliphatic heterocycles. The summed E-state index contributed by atoms with van der Waals surface area (Å²) < 4.78 is 11.4. The van der Waals surface area contributed by atoms with Gasteiger partial charge in [-0.3, -0.25) is 4.79 Å². The minimum absolute atomic E-state index is 0.132. The molecule has 0 aromatic rings. The SMILES string of the molecule is CCCCCCCCCC/C=C\CCCCCCCCCCCCCCCCCCCCCC(=O)NC(COC1OC(CO)C(O)C(O)C1O)C(O)CCCCCCCCCCCCCCCCCCCCCC. The maximum atomic E-state index is 13.1. The maximum absolute atomic E-state index is 13.1. The van der Waals surface area contributed by atoms with E-state index in [9.17, 15) is 30.3 Å². The Morgan fingerprint density at radius 1 is 0.446 bits per heavy atom. The van der Waals surface area contributed by atoms with Gasteiger partial charge in [0.1, 0.15) is 24.4 Å². The van der Waals surface area contributed by atoms with Gasteiger partial charge in [0.2, 0.25) is 5.91 Å². The van der Waals surface area contributed by atoms with Crippen LogP contribution >= 0.6 is 0 Å². The molecule has 1 aliphatic rings. The van der Waals surface area contributed by atoms with Crippen LogP contribution in [0.15, 0.2) is 12.2 Å². The standard InChI is InChI=1S/C65H127NO8/c1-3-5-7-9-11-13-15-17-19-21-23-25-26-27-28-29-30-31-32-33-34-35-37-39-41-43-45-47-49-51-53-55-61(69)66-58(57-73-65-64(72)63(71)62(70)60(56-67)74-65)59(68)54-52-50-48-46-44-42-40-38-36-24-22-20-18-16-14-12-10-8-6-4-2/h21,23,58-60,62-65,67-68,70-72H,3-20,22,24-57H2,1-2H3,(H,66,69)/b23-21-. The summed E-state index contributed by atoms with van der Waals surface area (Å²) in [5.74, 6) is -0.136. The lowest BCUT2D eigenvalue weighted by atomic mass is 9.99. The second-order valence-corrected chi connectivity index (χ2v) is 23.3. The summed E-state index contributed by atoms with van der Waals surface area (Å²) in [6.07, 6.45) is 62.7. The highest BCUT2D eigenvalue weighted by atomic mass is 16.7. The average molecular weight is 1050 g/mol. The summed E-state index contributed by atoms with van der Waals surface area (Å²) in [5.41, 5.74) is 0. The number of ether oxygens (including phenoxy) is 2. The molecule has 6 N–H and O–H groups in total. The van der Waals surface area contributed by atoms with Gasteiger partial charge in [-0.15, -0.1) is 0 Å². The van der Waals surface area contributed by atoms with Crippen molar-refractivity contribution in [3.8, 4) is 0 Å². The molecule has 7 unspecified atom stereocenters. The van der Waals surface area contributed by atoms with E-state index in [2.05, 4.69) is 31.3 Å². The van der Waals surface area contributed by atoms with Gasteiger partial charge < -0.3 is 40.3 Å². The summed E-state index contributed by atoms with van der Waals surface area (Å²) in [6, 6.07) is -0.716. The van der Waals surface area contributed by atoms with Crippen molar-refractivity contribution < 1.29 is 39.8 Å². The van der Waals surface area contributed by atoms with E-state index in [1.807, 2.05) is 0 Å². The molecule has 9 nitrogen and oxygen atoms in total. The van der Waals surface area contributed by atoms with Crippen LogP contribution in [0.5, 0.6) is 0 Å². The molecule has 7 atom stereocenters. The van der Waals surface area contributed by atoms with Gasteiger partial charge in [-0.1, -0.05) is 309 Å². The van der Waals surface area contributed by atoms with E-state index in [-0.39, 0.29) is 12.5 Å². The predicted molar refractivity (Wildman–Crippen MR) is 314 cm³/mol. The Hall–Kier alpha value is -1.07. The van der Waals surface area contributed by atoms with Crippen molar-refractivity contribution in [3.63, 3.8) is 0 Å². The number of allylic oxidation sites excluding steroid dienone is 2. The third-order valence-electron chi connectivity index (χ3n) is 16.1. The molecule has 0 radical (unpaired) electrons. The average Bonchev–Trinajstić information content (AvgIpc) is 3.40. The van der Waals surface area contributed by atoms with E-state index in [0.29, 0.717) is 12.8 Å². The molecule has 1 rings (SSSR count). The molecule has 0 aliphatic carbocycles. The highest BCUT2D eigenvalue weighted by Gasteiger charge is 2.44. The molecule has 74 heavy (non-hydrogen) atoms. The normalized spacial score (nSPS) is 18.9. The Morgan fingerprint density at radius 3 is 1.09 bits per heavy atom. The van der Waals surface area contributed by atoms with E-state index >= 15 is 0 Å². The minimum atomic E-state index is -1.55. The lowest BCUT2D eigenvalue weighted by molar-refractivity contribution is -0.302. The largest absolute Gasteiger partial charge is 0.394 e. The Kier molecular flexibility index (Phi) is 53.0.